The van der Waals surface area contributed by atoms with E-state index < -0.39 is 53.7 Å². The number of halogens is 4. The molecule has 22 heteroatoms. The molecule has 0 radical (unpaired) electrons. The number of aryl methyl sites for hydroxylation is 2. The average Bonchev–Trinajstić information content (AvgIpc) is 3.70. The van der Waals surface area contributed by atoms with E-state index in [9.17, 15) is 42.2 Å². The molecule has 4 fully saturated rings. The summed E-state index contributed by atoms with van der Waals surface area (Å²) in [4.78, 5) is 61.3. The van der Waals surface area contributed by atoms with Crippen molar-refractivity contribution in [2.45, 2.75) is 141 Å². The van der Waals surface area contributed by atoms with Crippen LogP contribution in [0.1, 0.15) is 101 Å². The van der Waals surface area contributed by atoms with Crippen LogP contribution in [0.5, 0.6) is 5.75 Å². The van der Waals surface area contributed by atoms with E-state index >= 15 is 0 Å². The number of aliphatic hydroxyl groups is 2. The minimum Gasteiger partial charge on any atom is -0.491 e. The second-order valence-corrected chi connectivity index (χ2v) is 24.1. The second-order valence-electron chi connectivity index (χ2n) is 23.2. The van der Waals surface area contributed by atoms with Gasteiger partial charge in [0.2, 0.25) is 11.9 Å². The Balaban J connectivity index is 0.697. The molecule has 9 rings (SSSR count). The number of hydrogen-bond donors (Lipinski definition) is 4. The highest BCUT2D eigenvalue weighted by atomic mass is 32.1. The summed E-state index contributed by atoms with van der Waals surface area (Å²) in [5.74, 6) is -0.800. The molecule has 440 valence electrons. The highest BCUT2D eigenvalue weighted by Gasteiger charge is 2.53. The number of carbonyl (C=O) groups is 3. The smallest absolute Gasteiger partial charge is 0.390 e. The molecule has 4 aliphatic rings. The molecule has 4 N–H and O–H groups in total. The first-order valence-corrected chi connectivity index (χ1v) is 29.3. The van der Waals surface area contributed by atoms with Gasteiger partial charge in [-0.15, -0.1) is 11.3 Å². The summed E-state index contributed by atoms with van der Waals surface area (Å²) in [5, 5.41) is 27.0. The monoisotopic (exact) mass is 1150 g/mol. The zero-order chi connectivity index (χ0) is 57.5. The number of β-amino-alcohol motifs (C(OH)–C–C–N with tert-alkyl or cyclic N) is 1. The lowest BCUT2D eigenvalue weighted by Crippen LogP contribution is -2.58. The summed E-state index contributed by atoms with van der Waals surface area (Å²) >= 11 is 1.53. The van der Waals surface area contributed by atoms with Crippen molar-refractivity contribution in [3.05, 3.63) is 77.2 Å². The van der Waals surface area contributed by atoms with Gasteiger partial charge in [0, 0.05) is 94.6 Å². The molecule has 81 heavy (non-hydrogen) atoms. The summed E-state index contributed by atoms with van der Waals surface area (Å²) < 4.78 is 73.5. The zero-order valence-corrected chi connectivity index (χ0v) is 47.6. The Morgan fingerprint density at radius 3 is 2.25 bits per heavy atom. The van der Waals surface area contributed by atoms with Crippen LogP contribution in [-0.2, 0) is 36.8 Å². The van der Waals surface area contributed by atoms with Crippen LogP contribution in [0.25, 0.3) is 32.6 Å². The van der Waals surface area contributed by atoms with Gasteiger partial charge in [0.25, 0.3) is 5.91 Å². The molecule has 3 atom stereocenters. The summed E-state index contributed by atoms with van der Waals surface area (Å²) in [7, 11) is 0. The highest BCUT2D eigenvalue weighted by Crippen LogP contribution is 2.41. The van der Waals surface area contributed by atoms with Crippen LogP contribution in [0.4, 0.5) is 23.5 Å². The third kappa shape index (κ3) is 15.7. The normalized spacial score (nSPS) is 21.1. The van der Waals surface area contributed by atoms with Crippen LogP contribution < -0.4 is 15.4 Å². The molecule has 5 aromatic rings. The number of Topliss-reactive ketones (excluding diaryl/α,β-unsaturated/α-hetero) is 1. The lowest BCUT2D eigenvalue weighted by atomic mass is 9.85. The van der Waals surface area contributed by atoms with Crippen molar-refractivity contribution in [3.63, 3.8) is 0 Å². The first-order chi connectivity index (χ1) is 38.7. The van der Waals surface area contributed by atoms with Crippen molar-refractivity contribution in [2.75, 3.05) is 84.2 Å². The molecule has 2 aromatic carbocycles. The number of aliphatic hydroxyl groups excluding tert-OH is 2. The van der Waals surface area contributed by atoms with Gasteiger partial charge in [-0.05, 0) is 85.6 Å². The molecule has 2 saturated carbocycles. The Labute approximate surface area is 474 Å². The molecule has 0 spiro atoms. The van der Waals surface area contributed by atoms with E-state index in [-0.39, 0.29) is 69.3 Å². The van der Waals surface area contributed by atoms with Gasteiger partial charge in [-0.25, -0.2) is 14.4 Å². The van der Waals surface area contributed by atoms with Gasteiger partial charge in [0.05, 0.1) is 67.2 Å². The van der Waals surface area contributed by atoms with Crippen molar-refractivity contribution < 1.29 is 56.4 Å². The number of hydrogen-bond acceptors (Lipinski definition) is 15. The van der Waals surface area contributed by atoms with E-state index in [1.165, 1.54) is 21.8 Å². The maximum atomic E-state index is 14.7. The first kappa shape index (κ1) is 60.0. The van der Waals surface area contributed by atoms with Crippen molar-refractivity contribution >= 4 is 45.9 Å². The number of nitrogens with one attached hydrogen (secondary N) is 2. The van der Waals surface area contributed by atoms with Gasteiger partial charge in [-0.3, -0.25) is 24.2 Å². The predicted molar refractivity (Wildman–Crippen MR) is 301 cm³/mol. The average molecular weight is 1150 g/mol. The fourth-order valence-electron chi connectivity index (χ4n) is 11.0. The molecule has 2 aliphatic carbocycles. The molecule has 2 amide bonds. The van der Waals surface area contributed by atoms with Crippen LogP contribution in [0.2, 0.25) is 0 Å². The molecule has 2 aliphatic heterocycles. The number of thiazole rings is 1. The molecular weight excluding hydrogens is 1070 g/mol. The van der Waals surface area contributed by atoms with Gasteiger partial charge in [0.15, 0.2) is 11.5 Å². The molecule has 2 saturated heterocycles. The number of anilines is 1. The fourth-order valence-corrected chi connectivity index (χ4v) is 11.8. The number of fused-ring (bicyclic) bond motifs is 1. The Morgan fingerprint density at radius 2 is 1.57 bits per heavy atom. The maximum Gasteiger partial charge on any atom is 0.390 e. The second kappa shape index (κ2) is 26.3. The van der Waals surface area contributed by atoms with Crippen LogP contribution in [0.3, 0.4) is 0 Å². The summed E-state index contributed by atoms with van der Waals surface area (Å²) in [5.41, 5.74) is 5.49. The third-order valence-electron chi connectivity index (χ3n) is 16.0. The van der Waals surface area contributed by atoms with E-state index in [4.69, 9.17) is 14.2 Å². The van der Waals surface area contributed by atoms with Gasteiger partial charge in [0.1, 0.15) is 24.0 Å². The molecule has 5 heterocycles. The minimum atomic E-state index is -4.28. The number of benzene rings is 2. The van der Waals surface area contributed by atoms with E-state index in [1.807, 2.05) is 25.1 Å². The minimum absolute atomic E-state index is 0.0589. The maximum absolute atomic E-state index is 14.7. The number of likely N-dealkylation sites (tertiary alicyclic amines) is 1. The standard InChI is InChI=1S/C59H77F4N9O8S/c1-38-51(81-37-66-38)42-10-9-41(11-16-49(75)48-32-45(74)35-72(48)54(76)52(57(2,3)4)67-55(77)58(60)17-18-58)50(31-42)80-30-29-79-28-27-78-26-25-69-21-23-70(24-22-69)34-39-5-7-40(8-6-39)47-36-71(43-12-14-44(73)15-13-43)53-46(47)33-65-56(68-53)64-20-19-59(61,62)63/h5-10,31,33,36-37,43-45,48,52,73-74H,11-30,32,34-35H2,1-4H3,(H,67,77)(H,64,65,68)/t43?,44?,45-,48+,52-/m1/s1. The number of nitrogens with zero attached hydrogens (tertiary/aromatic N) is 7. The lowest BCUT2D eigenvalue weighted by molar-refractivity contribution is -0.144. The number of carbonyl (C=O) groups excluding carboxylic acids is 3. The Bertz CT molecular complexity index is 2930. The van der Waals surface area contributed by atoms with Gasteiger partial charge in [-0.1, -0.05) is 57.2 Å². The number of aromatic nitrogens is 4. The number of ether oxygens (including phenoxy) is 3. The van der Waals surface area contributed by atoms with Crippen molar-refractivity contribution in [1.82, 2.24) is 39.5 Å². The summed E-state index contributed by atoms with van der Waals surface area (Å²) in [6.07, 6.45) is 0.854. The third-order valence-corrected chi connectivity index (χ3v) is 17.0. The van der Waals surface area contributed by atoms with E-state index in [0.29, 0.717) is 57.1 Å². The van der Waals surface area contributed by atoms with Crippen molar-refractivity contribution in [2.24, 2.45) is 5.41 Å². The quantitative estimate of drug-likeness (QED) is 0.0323. The van der Waals surface area contributed by atoms with E-state index in [0.717, 1.165) is 90.3 Å². The van der Waals surface area contributed by atoms with Crippen LogP contribution in [0.15, 0.2) is 60.4 Å². The number of rotatable bonds is 25. The topological polar surface area (TPSA) is 197 Å². The molecule has 3 aromatic heterocycles. The van der Waals surface area contributed by atoms with Crippen LogP contribution >= 0.6 is 11.3 Å². The van der Waals surface area contributed by atoms with Crippen LogP contribution in [0, 0.1) is 12.3 Å². The molecular formula is C59H77F4N9O8S. The van der Waals surface area contributed by atoms with Crippen LogP contribution in [-0.4, -0.2) is 177 Å². The summed E-state index contributed by atoms with van der Waals surface area (Å²) in [6, 6.07) is 12.5. The summed E-state index contributed by atoms with van der Waals surface area (Å²) in [6.45, 7) is 14.2. The van der Waals surface area contributed by atoms with Gasteiger partial charge >= 0.3 is 6.18 Å². The zero-order valence-electron chi connectivity index (χ0n) is 46.8. The number of amides is 2. The molecule has 0 bridgehead atoms. The molecule has 17 nitrogen and oxygen atoms in total. The molecule has 0 unspecified atom stereocenters. The predicted octanol–water partition coefficient (Wildman–Crippen LogP) is 8.10. The lowest BCUT2D eigenvalue weighted by Gasteiger charge is -2.35. The van der Waals surface area contributed by atoms with E-state index in [1.54, 1.807) is 32.5 Å². The van der Waals surface area contributed by atoms with Gasteiger partial charge in [-0.2, -0.15) is 18.2 Å². The number of ketones is 1. The number of alkyl halides is 4. The first-order valence-electron chi connectivity index (χ1n) is 28.4. The fraction of sp³-hybridized carbons (Fsp3) is 0.593. The van der Waals surface area contributed by atoms with Crippen molar-refractivity contribution in [3.8, 4) is 27.3 Å². The van der Waals surface area contributed by atoms with Crippen molar-refractivity contribution in [1.29, 1.82) is 0 Å². The Hall–Kier alpha value is -5.62. The highest BCUT2D eigenvalue weighted by molar-refractivity contribution is 7.13. The Kier molecular flexibility index (Phi) is 19.5. The Morgan fingerprint density at radius 1 is 0.877 bits per heavy atom. The van der Waals surface area contributed by atoms with E-state index in [2.05, 4.69) is 70.4 Å². The SMILES string of the molecule is Cc1ncsc1-c1ccc(CCC(=O)[C@@H]2C[C@@H](O)CN2C(=O)[C@@H](NC(=O)C2(F)CC2)C(C)(C)C)c(OCCOCCOCCN2CCN(Cc3ccc(-c4cn(C5CCC(O)CC5)c5nc(NCCC(F)(F)F)ncc45)cc3)CC2)c1. The largest absolute Gasteiger partial charge is 0.491 e. The number of piperazine rings is 1. The van der Waals surface area contributed by atoms with Gasteiger partial charge < -0.3 is 44.5 Å².